The molecule has 0 bridgehead atoms. The molecule has 1 heterocycles. The van der Waals surface area contributed by atoms with Gasteiger partial charge in [0.05, 0.1) is 18.4 Å². The number of aromatic hydroxyl groups is 1. The van der Waals surface area contributed by atoms with Crippen molar-refractivity contribution < 1.29 is 14.9 Å². The van der Waals surface area contributed by atoms with E-state index in [9.17, 15) is 10.2 Å². The van der Waals surface area contributed by atoms with E-state index in [1.54, 1.807) is 19.3 Å². The first-order chi connectivity index (χ1) is 10.7. The molecule has 0 aliphatic heterocycles. The summed E-state index contributed by atoms with van der Waals surface area (Å²) in [6.07, 6.45) is 10.8. The van der Waals surface area contributed by atoms with Crippen molar-refractivity contribution in [1.82, 2.24) is 4.98 Å². The summed E-state index contributed by atoms with van der Waals surface area (Å²) >= 11 is 0. The average molecular weight is 306 g/mol. The summed E-state index contributed by atoms with van der Waals surface area (Å²) in [6, 6.07) is 0. The largest absolute Gasteiger partial charge is 0.505 e. The number of rotatable bonds is 7. The lowest BCUT2D eigenvalue weighted by molar-refractivity contribution is 0.0281. The molecule has 0 unspecified atom stereocenters. The highest BCUT2D eigenvalue weighted by molar-refractivity contribution is 5.85. The average Bonchev–Trinajstić information content (AvgIpc) is 2.55. The van der Waals surface area contributed by atoms with Gasteiger partial charge in [0.25, 0.3) is 0 Å². The van der Waals surface area contributed by atoms with Crippen molar-refractivity contribution >= 4 is 6.21 Å². The molecule has 1 aromatic heterocycles. The first-order valence-electron chi connectivity index (χ1n) is 8.12. The van der Waals surface area contributed by atoms with E-state index in [2.05, 4.69) is 9.98 Å². The second-order valence-electron chi connectivity index (χ2n) is 5.81. The highest BCUT2D eigenvalue weighted by Crippen LogP contribution is 2.22. The van der Waals surface area contributed by atoms with Crippen LogP contribution >= 0.6 is 0 Å². The van der Waals surface area contributed by atoms with Crippen LogP contribution in [-0.2, 0) is 11.3 Å². The van der Waals surface area contributed by atoms with Crippen molar-refractivity contribution in [2.24, 2.45) is 4.99 Å². The van der Waals surface area contributed by atoms with Gasteiger partial charge in [-0.1, -0.05) is 19.3 Å². The van der Waals surface area contributed by atoms with E-state index in [1.807, 2.05) is 0 Å². The van der Waals surface area contributed by atoms with Gasteiger partial charge in [-0.15, -0.1) is 0 Å². The third kappa shape index (κ3) is 4.78. The summed E-state index contributed by atoms with van der Waals surface area (Å²) in [6.45, 7) is 2.95. The van der Waals surface area contributed by atoms with Gasteiger partial charge in [-0.25, -0.2) is 0 Å². The Hall–Kier alpha value is -1.46. The Morgan fingerprint density at radius 3 is 2.86 bits per heavy atom. The Morgan fingerprint density at radius 2 is 2.14 bits per heavy atom. The Morgan fingerprint density at radius 1 is 1.36 bits per heavy atom. The van der Waals surface area contributed by atoms with Gasteiger partial charge in [0, 0.05) is 36.7 Å². The van der Waals surface area contributed by atoms with Crippen LogP contribution in [0.15, 0.2) is 11.2 Å². The van der Waals surface area contributed by atoms with Gasteiger partial charge >= 0.3 is 0 Å². The quantitative estimate of drug-likeness (QED) is 0.600. The molecule has 1 aliphatic rings. The van der Waals surface area contributed by atoms with Crippen LogP contribution < -0.4 is 0 Å². The number of aliphatic hydroxyl groups is 1. The number of hydrogen-bond donors (Lipinski definition) is 2. The summed E-state index contributed by atoms with van der Waals surface area (Å²) in [5, 5.41) is 19.3. The Bertz CT molecular complexity index is 497. The van der Waals surface area contributed by atoms with Crippen molar-refractivity contribution in [1.29, 1.82) is 0 Å². The molecule has 5 heteroatoms. The van der Waals surface area contributed by atoms with Crippen LogP contribution in [0.1, 0.15) is 55.3 Å². The fourth-order valence-corrected chi connectivity index (χ4v) is 2.72. The van der Waals surface area contributed by atoms with E-state index in [4.69, 9.17) is 4.74 Å². The van der Waals surface area contributed by atoms with E-state index in [0.29, 0.717) is 29.5 Å². The van der Waals surface area contributed by atoms with Crippen molar-refractivity contribution in [3.05, 3.63) is 23.0 Å². The number of aryl methyl sites for hydroxylation is 1. The highest BCUT2D eigenvalue weighted by Gasteiger charge is 2.13. The van der Waals surface area contributed by atoms with E-state index in [1.165, 1.54) is 32.1 Å². The molecule has 0 saturated heterocycles. The molecule has 2 rings (SSSR count). The molecule has 0 amide bonds. The first kappa shape index (κ1) is 16.9. The Labute approximate surface area is 132 Å². The molecule has 0 aromatic carbocycles. The molecule has 1 fully saturated rings. The predicted molar refractivity (Wildman–Crippen MR) is 86.5 cm³/mol. The SMILES string of the molecule is Cc1ncc(CO)c(C=NCCCOC2CCCCC2)c1O. The smallest absolute Gasteiger partial charge is 0.145 e. The van der Waals surface area contributed by atoms with Gasteiger partial charge < -0.3 is 14.9 Å². The molecular weight excluding hydrogens is 280 g/mol. The molecule has 1 aliphatic carbocycles. The van der Waals surface area contributed by atoms with Gasteiger partial charge in [0.1, 0.15) is 5.75 Å². The Balaban J connectivity index is 1.76. The maximum absolute atomic E-state index is 9.99. The zero-order valence-corrected chi connectivity index (χ0v) is 13.3. The lowest BCUT2D eigenvalue weighted by Gasteiger charge is -2.21. The number of aliphatic imine (C=N–C) groups is 1. The predicted octanol–water partition coefficient (Wildman–Crippen LogP) is 2.75. The zero-order valence-electron chi connectivity index (χ0n) is 13.3. The van der Waals surface area contributed by atoms with Gasteiger partial charge in [-0.3, -0.25) is 9.98 Å². The summed E-state index contributed by atoms with van der Waals surface area (Å²) < 4.78 is 5.85. The summed E-state index contributed by atoms with van der Waals surface area (Å²) in [7, 11) is 0. The standard InChI is InChI=1S/C17H26N2O3/c1-13-17(21)16(14(12-20)10-19-13)11-18-8-5-9-22-15-6-3-2-4-7-15/h10-11,15,20-21H,2-9,12H2,1H3. The van der Waals surface area contributed by atoms with Gasteiger partial charge in [-0.2, -0.15) is 0 Å². The third-order valence-electron chi connectivity index (χ3n) is 4.09. The van der Waals surface area contributed by atoms with Crippen LogP contribution in [0, 0.1) is 6.92 Å². The van der Waals surface area contributed by atoms with Gasteiger partial charge in [0.15, 0.2) is 0 Å². The number of nitrogens with zero attached hydrogens (tertiary/aromatic N) is 2. The van der Waals surface area contributed by atoms with Crippen LogP contribution in [0.4, 0.5) is 0 Å². The number of ether oxygens (including phenoxy) is 1. The molecule has 0 spiro atoms. The zero-order chi connectivity index (χ0) is 15.8. The number of aliphatic hydroxyl groups excluding tert-OH is 1. The molecule has 0 atom stereocenters. The second kappa shape index (κ2) is 8.86. The van der Waals surface area contributed by atoms with Crippen molar-refractivity contribution in [2.75, 3.05) is 13.2 Å². The fourth-order valence-electron chi connectivity index (χ4n) is 2.72. The number of pyridine rings is 1. The third-order valence-corrected chi connectivity index (χ3v) is 4.09. The lowest BCUT2D eigenvalue weighted by atomic mass is 9.98. The minimum Gasteiger partial charge on any atom is -0.505 e. The molecule has 2 N–H and O–H groups in total. The van der Waals surface area contributed by atoms with Gasteiger partial charge in [0.2, 0.25) is 0 Å². The molecule has 122 valence electrons. The molecule has 22 heavy (non-hydrogen) atoms. The second-order valence-corrected chi connectivity index (χ2v) is 5.81. The van der Waals surface area contributed by atoms with Crippen LogP contribution in [0.25, 0.3) is 0 Å². The van der Waals surface area contributed by atoms with Crippen LogP contribution in [-0.4, -0.2) is 40.7 Å². The maximum Gasteiger partial charge on any atom is 0.145 e. The molecule has 1 aromatic rings. The highest BCUT2D eigenvalue weighted by atomic mass is 16.5. The van der Waals surface area contributed by atoms with Crippen LogP contribution in [0.2, 0.25) is 0 Å². The van der Waals surface area contributed by atoms with Crippen LogP contribution in [0.5, 0.6) is 5.75 Å². The lowest BCUT2D eigenvalue weighted by Crippen LogP contribution is -2.17. The minimum absolute atomic E-state index is 0.0914. The number of aromatic nitrogens is 1. The molecule has 0 radical (unpaired) electrons. The topological polar surface area (TPSA) is 74.9 Å². The van der Waals surface area contributed by atoms with E-state index in [-0.39, 0.29) is 12.4 Å². The van der Waals surface area contributed by atoms with Crippen LogP contribution in [0.3, 0.4) is 0 Å². The fraction of sp³-hybridized carbons (Fsp3) is 0.647. The normalized spacial score (nSPS) is 16.5. The van der Waals surface area contributed by atoms with Crippen molar-refractivity contribution in [3.63, 3.8) is 0 Å². The van der Waals surface area contributed by atoms with E-state index >= 15 is 0 Å². The van der Waals surface area contributed by atoms with Crippen molar-refractivity contribution in [2.45, 2.75) is 58.2 Å². The summed E-state index contributed by atoms with van der Waals surface area (Å²) in [5.41, 5.74) is 1.69. The molecule has 5 nitrogen and oxygen atoms in total. The monoisotopic (exact) mass is 306 g/mol. The van der Waals surface area contributed by atoms with Crippen molar-refractivity contribution in [3.8, 4) is 5.75 Å². The summed E-state index contributed by atoms with van der Waals surface area (Å²) in [4.78, 5) is 8.36. The van der Waals surface area contributed by atoms with Gasteiger partial charge in [-0.05, 0) is 26.2 Å². The first-order valence-corrected chi connectivity index (χ1v) is 8.12. The Kier molecular flexibility index (Phi) is 6.80. The minimum atomic E-state index is -0.160. The van der Waals surface area contributed by atoms with E-state index in [0.717, 1.165) is 13.0 Å². The summed E-state index contributed by atoms with van der Waals surface area (Å²) in [5.74, 6) is 0.0914. The maximum atomic E-state index is 9.99. The molecule has 1 saturated carbocycles. The number of hydrogen-bond acceptors (Lipinski definition) is 5. The molecular formula is C17H26N2O3. The van der Waals surface area contributed by atoms with E-state index < -0.39 is 0 Å².